The highest BCUT2D eigenvalue weighted by molar-refractivity contribution is 6.28. The summed E-state index contributed by atoms with van der Waals surface area (Å²) >= 11 is 0. The number of aromatic nitrogens is 2. The van der Waals surface area contributed by atoms with Crippen molar-refractivity contribution in [3.8, 4) is 22.3 Å². The van der Waals surface area contributed by atoms with Gasteiger partial charge in [0.05, 0.1) is 0 Å². The number of rotatable bonds is 2. The summed E-state index contributed by atoms with van der Waals surface area (Å²) in [5, 5.41) is 7.78. The number of hydrogen-bond acceptors (Lipinski definition) is 2. The molecule has 0 aliphatic rings. The van der Waals surface area contributed by atoms with E-state index in [1.807, 2.05) is 36.9 Å². The van der Waals surface area contributed by atoms with Gasteiger partial charge in [-0.1, -0.05) is 69.3 Å². The van der Waals surface area contributed by atoms with Crippen molar-refractivity contribution < 1.29 is 0 Å². The third-order valence-electron chi connectivity index (χ3n) is 6.53. The van der Waals surface area contributed by atoms with E-state index in [-0.39, 0.29) is 5.41 Å². The molecule has 2 heteroatoms. The summed E-state index contributed by atoms with van der Waals surface area (Å²) in [6, 6.07) is 24.5. The minimum absolute atomic E-state index is 0.103. The zero-order valence-electron chi connectivity index (χ0n) is 18.6. The molecule has 6 rings (SSSR count). The molecule has 2 aromatic heterocycles. The summed E-state index contributed by atoms with van der Waals surface area (Å²) in [4.78, 5) is 8.80. The lowest BCUT2D eigenvalue weighted by atomic mass is 9.81. The largest absolute Gasteiger partial charge is 0.264 e. The monoisotopic (exact) mass is 412 g/mol. The van der Waals surface area contributed by atoms with Crippen LogP contribution in [0.25, 0.3) is 54.6 Å². The van der Waals surface area contributed by atoms with Crippen molar-refractivity contribution in [2.75, 3.05) is 0 Å². The maximum Gasteiger partial charge on any atom is 0.0346 e. The van der Waals surface area contributed by atoms with Crippen LogP contribution in [0.2, 0.25) is 0 Å². The molecule has 0 N–H and O–H groups in total. The van der Waals surface area contributed by atoms with Crippen molar-refractivity contribution in [1.29, 1.82) is 0 Å². The van der Waals surface area contributed by atoms with E-state index in [1.165, 1.54) is 49.0 Å². The van der Waals surface area contributed by atoms with Gasteiger partial charge in [0.15, 0.2) is 0 Å². The van der Waals surface area contributed by atoms with Gasteiger partial charge in [0.25, 0.3) is 0 Å². The first kappa shape index (κ1) is 18.9. The van der Waals surface area contributed by atoms with E-state index in [4.69, 9.17) is 0 Å². The van der Waals surface area contributed by atoms with Gasteiger partial charge in [0.1, 0.15) is 0 Å². The fraction of sp³-hybridized carbons (Fsp3) is 0.133. The van der Waals surface area contributed by atoms with Crippen molar-refractivity contribution >= 4 is 32.3 Å². The standard InChI is InChI=1S/C30H24N2/c1-30(2,3)23-14-19-8-10-24-26(21-6-4-12-31-17-21)16-27(22-7-5-13-32-18-22)25-11-9-20(15-23)28(19)29(24)25/h4-18H,1-3H3. The van der Waals surface area contributed by atoms with Crippen LogP contribution in [0.5, 0.6) is 0 Å². The average Bonchev–Trinajstić information content (AvgIpc) is 2.82. The van der Waals surface area contributed by atoms with Crippen LogP contribution in [0.15, 0.2) is 91.5 Å². The van der Waals surface area contributed by atoms with E-state index in [9.17, 15) is 0 Å². The number of hydrogen-bond donors (Lipinski definition) is 0. The molecular weight excluding hydrogens is 388 g/mol. The van der Waals surface area contributed by atoms with Crippen LogP contribution in [0.4, 0.5) is 0 Å². The minimum Gasteiger partial charge on any atom is -0.264 e. The molecule has 0 saturated heterocycles. The second-order valence-electron chi connectivity index (χ2n) is 9.60. The summed E-state index contributed by atoms with van der Waals surface area (Å²) < 4.78 is 0. The molecule has 0 saturated carbocycles. The molecule has 0 unspecified atom stereocenters. The van der Waals surface area contributed by atoms with E-state index in [2.05, 4.69) is 85.3 Å². The Balaban J connectivity index is 1.80. The number of benzene rings is 4. The van der Waals surface area contributed by atoms with E-state index >= 15 is 0 Å². The lowest BCUT2D eigenvalue weighted by Crippen LogP contribution is -2.10. The first-order chi connectivity index (χ1) is 15.5. The Morgan fingerprint density at radius 2 is 1.12 bits per heavy atom. The summed E-state index contributed by atoms with van der Waals surface area (Å²) in [5.74, 6) is 0. The van der Waals surface area contributed by atoms with Crippen molar-refractivity contribution in [3.05, 3.63) is 97.1 Å². The third kappa shape index (κ3) is 2.87. The molecule has 32 heavy (non-hydrogen) atoms. The maximum atomic E-state index is 4.40. The molecule has 6 aromatic rings. The fourth-order valence-electron chi connectivity index (χ4n) is 4.87. The molecule has 0 aliphatic heterocycles. The van der Waals surface area contributed by atoms with Crippen LogP contribution < -0.4 is 0 Å². The van der Waals surface area contributed by atoms with Crippen LogP contribution in [0.1, 0.15) is 26.3 Å². The van der Waals surface area contributed by atoms with Crippen molar-refractivity contribution in [2.24, 2.45) is 0 Å². The van der Waals surface area contributed by atoms with Crippen LogP contribution in [0.3, 0.4) is 0 Å². The Bertz CT molecular complexity index is 1470. The highest BCUT2D eigenvalue weighted by atomic mass is 14.6. The Hall–Kier alpha value is -3.78. The van der Waals surface area contributed by atoms with Crippen LogP contribution in [-0.2, 0) is 5.41 Å². The SMILES string of the molecule is CC(C)(C)c1cc2ccc3c(-c4cccnc4)cc(-c4cccnc4)c4ccc(c1)c2c34. The Morgan fingerprint density at radius 3 is 1.56 bits per heavy atom. The second-order valence-corrected chi connectivity index (χ2v) is 9.60. The molecule has 0 bridgehead atoms. The highest BCUT2D eigenvalue weighted by Gasteiger charge is 2.20. The molecule has 0 amide bonds. The van der Waals surface area contributed by atoms with Crippen molar-refractivity contribution in [2.45, 2.75) is 26.2 Å². The van der Waals surface area contributed by atoms with Gasteiger partial charge in [0, 0.05) is 35.9 Å². The Kier molecular flexibility index (Phi) is 4.06. The summed E-state index contributed by atoms with van der Waals surface area (Å²) in [7, 11) is 0. The van der Waals surface area contributed by atoms with E-state index in [0.717, 1.165) is 11.1 Å². The van der Waals surface area contributed by atoms with E-state index in [0.29, 0.717) is 0 Å². The lowest BCUT2D eigenvalue weighted by Gasteiger charge is -2.22. The van der Waals surface area contributed by atoms with E-state index < -0.39 is 0 Å². The molecule has 154 valence electrons. The normalized spacial score (nSPS) is 12.2. The summed E-state index contributed by atoms with van der Waals surface area (Å²) in [6.45, 7) is 6.84. The third-order valence-corrected chi connectivity index (χ3v) is 6.53. The summed E-state index contributed by atoms with van der Waals surface area (Å²) in [5.41, 5.74) is 6.14. The first-order valence-electron chi connectivity index (χ1n) is 11.1. The highest BCUT2D eigenvalue weighted by Crippen LogP contribution is 2.44. The van der Waals surface area contributed by atoms with Gasteiger partial charge >= 0.3 is 0 Å². The molecule has 2 heterocycles. The summed E-state index contributed by atoms with van der Waals surface area (Å²) in [6.07, 6.45) is 7.57. The molecule has 0 fully saturated rings. The fourth-order valence-corrected chi connectivity index (χ4v) is 4.87. The van der Waals surface area contributed by atoms with Gasteiger partial charge in [-0.05, 0) is 72.6 Å². The van der Waals surface area contributed by atoms with Crippen LogP contribution in [0, 0.1) is 0 Å². The predicted molar refractivity (Wildman–Crippen MR) is 135 cm³/mol. The van der Waals surface area contributed by atoms with Gasteiger partial charge in [-0.2, -0.15) is 0 Å². The lowest BCUT2D eigenvalue weighted by molar-refractivity contribution is 0.591. The maximum absolute atomic E-state index is 4.40. The molecule has 0 spiro atoms. The molecular formula is C30H24N2. The van der Waals surface area contributed by atoms with Crippen molar-refractivity contribution in [1.82, 2.24) is 9.97 Å². The predicted octanol–water partition coefficient (Wildman–Crippen LogP) is 8.01. The van der Waals surface area contributed by atoms with E-state index in [1.54, 1.807) is 0 Å². The van der Waals surface area contributed by atoms with Gasteiger partial charge in [-0.3, -0.25) is 9.97 Å². The molecule has 2 nitrogen and oxygen atoms in total. The quantitative estimate of drug-likeness (QED) is 0.269. The average molecular weight is 413 g/mol. The van der Waals surface area contributed by atoms with Crippen molar-refractivity contribution in [3.63, 3.8) is 0 Å². The van der Waals surface area contributed by atoms with Gasteiger partial charge in [-0.15, -0.1) is 0 Å². The smallest absolute Gasteiger partial charge is 0.0346 e. The van der Waals surface area contributed by atoms with Gasteiger partial charge in [-0.25, -0.2) is 0 Å². The first-order valence-corrected chi connectivity index (χ1v) is 11.1. The minimum atomic E-state index is 0.103. The Morgan fingerprint density at radius 1 is 0.594 bits per heavy atom. The zero-order chi connectivity index (χ0) is 21.9. The molecule has 0 atom stereocenters. The van der Waals surface area contributed by atoms with Gasteiger partial charge in [0.2, 0.25) is 0 Å². The van der Waals surface area contributed by atoms with Crippen LogP contribution >= 0.6 is 0 Å². The molecule has 0 radical (unpaired) electrons. The Labute approximate surface area is 187 Å². The molecule has 4 aromatic carbocycles. The zero-order valence-corrected chi connectivity index (χ0v) is 18.6. The topological polar surface area (TPSA) is 25.8 Å². The van der Waals surface area contributed by atoms with Crippen LogP contribution in [-0.4, -0.2) is 9.97 Å². The second kappa shape index (κ2) is 6.86. The number of nitrogens with zero attached hydrogens (tertiary/aromatic N) is 2. The van der Waals surface area contributed by atoms with Gasteiger partial charge < -0.3 is 0 Å². The number of pyridine rings is 2. The molecule has 0 aliphatic carbocycles.